The maximum Gasteiger partial charge on any atom is 0.316 e. The Kier molecular flexibility index (Phi) is 8.72. The van der Waals surface area contributed by atoms with Crippen LogP contribution in [0.25, 0.3) is 0 Å². The number of carbonyl (C=O) groups excluding carboxylic acids is 2. The summed E-state index contributed by atoms with van der Waals surface area (Å²) in [5.41, 5.74) is 0.252. The third-order valence-corrected chi connectivity index (χ3v) is 8.23. The lowest BCUT2D eigenvalue weighted by atomic mass is 10.3. The molecule has 1 N–H and O–H groups in total. The van der Waals surface area contributed by atoms with Crippen molar-refractivity contribution < 1.29 is 27.5 Å². The van der Waals surface area contributed by atoms with Crippen molar-refractivity contribution in [3.8, 4) is 5.75 Å². The van der Waals surface area contributed by atoms with E-state index in [0.29, 0.717) is 15.1 Å². The number of hydrogen-bond acceptors (Lipinski definition) is 10. The summed E-state index contributed by atoms with van der Waals surface area (Å²) in [7, 11) is -1.36. The summed E-state index contributed by atoms with van der Waals surface area (Å²) < 4.78 is 37.8. The molecule has 0 radical (unpaired) electrons. The van der Waals surface area contributed by atoms with Gasteiger partial charge in [0.05, 0.1) is 30.6 Å². The molecule has 0 atom stereocenters. The fraction of sp³-hybridized carbons (Fsp3) is 0.200. The van der Waals surface area contributed by atoms with Crippen molar-refractivity contribution in [3.05, 3.63) is 53.6 Å². The SMILES string of the molecule is COC(=O)CSc1nnc(NC(=O)CN(c2ccc(Cl)cc2)S(=O)(=O)c2ccc(OC)cc2)s1. The highest BCUT2D eigenvalue weighted by Crippen LogP contribution is 2.28. The topological polar surface area (TPSA) is 128 Å². The molecule has 0 saturated heterocycles. The Morgan fingerprint density at radius 2 is 1.76 bits per heavy atom. The van der Waals surface area contributed by atoms with Crippen LogP contribution in [0.3, 0.4) is 0 Å². The van der Waals surface area contributed by atoms with Crippen molar-refractivity contribution in [2.75, 3.05) is 36.1 Å². The number of ether oxygens (including phenoxy) is 2. The van der Waals surface area contributed by atoms with Gasteiger partial charge in [0.25, 0.3) is 10.0 Å². The lowest BCUT2D eigenvalue weighted by Gasteiger charge is -2.24. The smallest absolute Gasteiger partial charge is 0.316 e. The quantitative estimate of drug-likeness (QED) is 0.233. The fourth-order valence-corrected chi connectivity index (χ4v) is 5.73. The number of anilines is 2. The maximum absolute atomic E-state index is 13.4. The molecule has 0 aliphatic carbocycles. The van der Waals surface area contributed by atoms with Gasteiger partial charge in [0.1, 0.15) is 12.3 Å². The summed E-state index contributed by atoms with van der Waals surface area (Å²) in [4.78, 5) is 24.0. The number of sulfonamides is 1. The van der Waals surface area contributed by atoms with Crippen LogP contribution in [0.15, 0.2) is 57.8 Å². The minimum Gasteiger partial charge on any atom is -0.497 e. The van der Waals surface area contributed by atoms with E-state index in [1.54, 1.807) is 0 Å². The van der Waals surface area contributed by atoms with Gasteiger partial charge in [0, 0.05) is 5.02 Å². The number of thioether (sulfide) groups is 1. The number of esters is 1. The van der Waals surface area contributed by atoms with Crippen LogP contribution in [0, 0.1) is 0 Å². The molecule has 0 spiro atoms. The number of benzene rings is 2. The van der Waals surface area contributed by atoms with E-state index in [-0.39, 0.29) is 21.5 Å². The summed E-state index contributed by atoms with van der Waals surface area (Å²) in [6.07, 6.45) is 0. The van der Waals surface area contributed by atoms with Gasteiger partial charge in [-0.2, -0.15) is 0 Å². The van der Waals surface area contributed by atoms with E-state index in [4.69, 9.17) is 16.3 Å². The van der Waals surface area contributed by atoms with Gasteiger partial charge in [0.15, 0.2) is 4.34 Å². The van der Waals surface area contributed by atoms with Gasteiger partial charge < -0.3 is 9.47 Å². The number of halogens is 1. The van der Waals surface area contributed by atoms with Crippen molar-refractivity contribution in [1.82, 2.24) is 10.2 Å². The molecule has 0 aliphatic rings. The third-order valence-electron chi connectivity index (χ3n) is 4.24. The summed E-state index contributed by atoms with van der Waals surface area (Å²) in [6, 6.07) is 11.9. The molecule has 0 unspecified atom stereocenters. The monoisotopic (exact) mass is 542 g/mol. The molecule has 3 rings (SSSR count). The van der Waals surface area contributed by atoms with Crippen molar-refractivity contribution in [2.24, 2.45) is 0 Å². The van der Waals surface area contributed by atoms with Crippen molar-refractivity contribution in [3.63, 3.8) is 0 Å². The number of methoxy groups -OCH3 is 2. The Labute approximate surface area is 209 Å². The number of carbonyl (C=O) groups is 2. The molecular formula is C20H19ClN4O6S3. The van der Waals surface area contributed by atoms with Gasteiger partial charge in [-0.1, -0.05) is 34.7 Å². The Hall–Kier alpha value is -2.87. The summed E-state index contributed by atoms with van der Waals surface area (Å²) in [5, 5.41) is 10.9. The minimum absolute atomic E-state index is 0.0199. The first-order valence-electron chi connectivity index (χ1n) is 9.48. The number of amides is 1. The Balaban J connectivity index is 1.80. The first kappa shape index (κ1) is 25.7. The molecule has 14 heteroatoms. The van der Waals surface area contributed by atoms with Gasteiger partial charge in [-0.3, -0.25) is 19.2 Å². The normalized spacial score (nSPS) is 11.0. The highest BCUT2D eigenvalue weighted by molar-refractivity contribution is 8.01. The van der Waals surface area contributed by atoms with E-state index in [1.165, 1.54) is 62.8 Å². The van der Waals surface area contributed by atoms with E-state index in [2.05, 4.69) is 20.3 Å². The average Bonchev–Trinajstić information content (AvgIpc) is 3.28. The molecule has 34 heavy (non-hydrogen) atoms. The van der Waals surface area contributed by atoms with E-state index < -0.39 is 28.4 Å². The molecule has 0 aliphatic heterocycles. The van der Waals surface area contributed by atoms with E-state index >= 15 is 0 Å². The summed E-state index contributed by atoms with van der Waals surface area (Å²) >= 11 is 8.10. The van der Waals surface area contributed by atoms with Gasteiger partial charge in [-0.15, -0.1) is 10.2 Å². The largest absolute Gasteiger partial charge is 0.497 e. The third kappa shape index (κ3) is 6.59. The van der Waals surface area contributed by atoms with E-state index in [1.807, 2.05) is 0 Å². The van der Waals surface area contributed by atoms with Crippen LogP contribution in [0.4, 0.5) is 10.8 Å². The summed E-state index contributed by atoms with van der Waals surface area (Å²) in [6.45, 7) is -0.528. The van der Waals surface area contributed by atoms with Gasteiger partial charge >= 0.3 is 5.97 Å². The molecule has 0 bridgehead atoms. The van der Waals surface area contributed by atoms with Gasteiger partial charge in [-0.25, -0.2) is 8.42 Å². The molecule has 0 fully saturated rings. The van der Waals surface area contributed by atoms with Crippen molar-refractivity contribution in [1.29, 1.82) is 0 Å². The first-order valence-corrected chi connectivity index (χ1v) is 13.1. The Morgan fingerprint density at radius 3 is 2.38 bits per heavy atom. The lowest BCUT2D eigenvalue weighted by Crippen LogP contribution is -2.38. The second-order valence-corrected chi connectivity index (χ2v) is 10.9. The zero-order valence-electron chi connectivity index (χ0n) is 17.9. The highest BCUT2D eigenvalue weighted by atomic mass is 35.5. The molecule has 10 nitrogen and oxygen atoms in total. The van der Waals surface area contributed by atoms with Crippen LogP contribution in [-0.4, -0.2) is 57.0 Å². The minimum atomic E-state index is -4.11. The van der Waals surface area contributed by atoms with Crippen LogP contribution in [-0.2, 0) is 24.3 Å². The standard InChI is InChI=1S/C20H19ClN4O6S3/c1-30-15-7-9-16(10-8-15)34(28,29)25(14-5-3-13(21)4-6-14)11-17(26)22-19-23-24-20(33-19)32-12-18(27)31-2/h3-10H,11-12H2,1-2H3,(H,22,23,26). The number of rotatable bonds is 10. The number of hydrogen-bond donors (Lipinski definition) is 1. The van der Waals surface area contributed by atoms with Crippen LogP contribution in [0.1, 0.15) is 0 Å². The summed E-state index contributed by atoms with van der Waals surface area (Å²) in [5.74, 6) is -0.517. The molecular weight excluding hydrogens is 524 g/mol. The van der Waals surface area contributed by atoms with Crippen molar-refractivity contribution >= 4 is 67.4 Å². The zero-order valence-corrected chi connectivity index (χ0v) is 21.1. The first-order chi connectivity index (χ1) is 16.2. The average molecular weight is 543 g/mol. The second kappa shape index (κ2) is 11.5. The number of aromatic nitrogens is 2. The molecule has 0 saturated carbocycles. The fourth-order valence-electron chi connectivity index (χ4n) is 2.58. The van der Waals surface area contributed by atoms with Crippen LogP contribution in [0.5, 0.6) is 5.75 Å². The Morgan fingerprint density at radius 1 is 1.09 bits per heavy atom. The Bertz CT molecular complexity index is 1250. The maximum atomic E-state index is 13.4. The number of nitrogens with one attached hydrogen (secondary N) is 1. The van der Waals surface area contributed by atoms with Crippen LogP contribution in [0.2, 0.25) is 5.02 Å². The molecule has 1 heterocycles. The van der Waals surface area contributed by atoms with Gasteiger partial charge in [0.2, 0.25) is 11.0 Å². The molecule has 3 aromatic rings. The van der Waals surface area contributed by atoms with Crippen LogP contribution < -0.4 is 14.4 Å². The number of nitrogens with zero attached hydrogens (tertiary/aromatic N) is 3. The molecule has 2 aromatic carbocycles. The molecule has 1 amide bonds. The zero-order chi connectivity index (χ0) is 24.7. The van der Waals surface area contributed by atoms with Crippen LogP contribution >= 0.6 is 34.7 Å². The molecule has 180 valence electrons. The van der Waals surface area contributed by atoms with Gasteiger partial charge in [-0.05, 0) is 48.5 Å². The predicted octanol–water partition coefficient (Wildman–Crippen LogP) is 3.30. The predicted molar refractivity (Wildman–Crippen MR) is 130 cm³/mol. The lowest BCUT2D eigenvalue weighted by molar-refractivity contribution is -0.137. The highest BCUT2D eigenvalue weighted by Gasteiger charge is 2.28. The van der Waals surface area contributed by atoms with E-state index in [9.17, 15) is 18.0 Å². The molecule has 1 aromatic heterocycles. The van der Waals surface area contributed by atoms with E-state index in [0.717, 1.165) is 27.4 Å². The van der Waals surface area contributed by atoms with Crippen molar-refractivity contribution in [2.45, 2.75) is 9.24 Å². The second-order valence-electron chi connectivity index (χ2n) is 6.45.